The normalized spacial score (nSPS) is 12.5. The molecule has 0 aliphatic rings. The smallest absolute Gasteiger partial charge is 0.243 e. The maximum absolute atomic E-state index is 13.7. The van der Waals surface area contributed by atoms with E-state index < -0.39 is 6.04 Å². The predicted molar refractivity (Wildman–Crippen MR) is 145 cm³/mol. The van der Waals surface area contributed by atoms with Gasteiger partial charge in [0.2, 0.25) is 11.8 Å². The van der Waals surface area contributed by atoms with Crippen molar-refractivity contribution in [3.63, 3.8) is 0 Å². The Kier molecular flexibility index (Phi) is 10.4. The number of carbonyl (C=O) groups excluding carboxylic acids is 2. The van der Waals surface area contributed by atoms with Gasteiger partial charge in [0.05, 0.1) is 0 Å². The third kappa shape index (κ3) is 8.29. The molecule has 1 N–H and O–H groups in total. The van der Waals surface area contributed by atoms with Gasteiger partial charge in [-0.25, -0.2) is 0 Å². The molecule has 5 heteroatoms. The Morgan fingerprint density at radius 1 is 0.914 bits per heavy atom. The number of rotatable bonds is 12. The minimum absolute atomic E-state index is 0.00285. The van der Waals surface area contributed by atoms with Gasteiger partial charge in [-0.2, -0.15) is 0 Å². The van der Waals surface area contributed by atoms with Crippen molar-refractivity contribution in [2.24, 2.45) is 0 Å². The molecule has 0 aliphatic carbocycles. The van der Waals surface area contributed by atoms with Gasteiger partial charge in [-0.05, 0) is 49.1 Å². The van der Waals surface area contributed by atoms with Gasteiger partial charge >= 0.3 is 0 Å². The first kappa shape index (κ1) is 26.6. The lowest BCUT2D eigenvalue weighted by Gasteiger charge is -2.32. The zero-order chi connectivity index (χ0) is 25.0. The number of benzene rings is 3. The van der Waals surface area contributed by atoms with Crippen LogP contribution in [0.3, 0.4) is 0 Å². The lowest BCUT2D eigenvalue weighted by atomic mass is 10.0. The van der Waals surface area contributed by atoms with Gasteiger partial charge in [0.15, 0.2) is 0 Å². The van der Waals surface area contributed by atoms with E-state index in [4.69, 9.17) is 0 Å². The van der Waals surface area contributed by atoms with Gasteiger partial charge in [0.25, 0.3) is 0 Å². The molecular weight excluding hydrogens is 452 g/mol. The van der Waals surface area contributed by atoms with Crippen molar-refractivity contribution < 1.29 is 9.59 Å². The molecule has 0 heterocycles. The van der Waals surface area contributed by atoms with Crippen molar-refractivity contribution in [2.45, 2.75) is 63.6 Å². The second-order valence-corrected chi connectivity index (χ2v) is 10.1. The molecule has 0 radical (unpaired) electrons. The second kappa shape index (κ2) is 13.7. The fraction of sp³-hybridized carbons (Fsp3) is 0.333. The number of thioether (sulfide) groups is 1. The standard InChI is InChI=1S/C30H36N2O2S/c1-4-24(3)31-30(34)28(21-25-14-7-5-8-15-25)32(22-26-16-12-11-13-23(26)2)29(33)19-20-35-27-17-9-6-10-18-27/h5-18,24,28H,4,19-22H2,1-3H3,(H,31,34)/t24-,28+/m0/s1. The minimum Gasteiger partial charge on any atom is -0.352 e. The van der Waals surface area contributed by atoms with E-state index in [0.29, 0.717) is 25.1 Å². The molecule has 0 fully saturated rings. The Balaban J connectivity index is 1.87. The Hall–Kier alpha value is -3.05. The lowest BCUT2D eigenvalue weighted by molar-refractivity contribution is -0.141. The van der Waals surface area contributed by atoms with E-state index in [2.05, 4.69) is 30.4 Å². The maximum atomic E-state index is 13.7. The Labute approximate surface area is 214 Å². The van der Waals surface area contributed by atoms with Gasteiger partial charge in [0.1, 0.15) is 6.04 Å². The van der Waals surface area contributed by atoms with E-state index in [1.807, 2.05) is 80.6 Å². The van der Waals surface area contributed by atoms with Gasteiger partial charge < -0.3 is 10.2 Å². The van der Waals surface area contributed by atoms with Gasteiger partial charge in [-0.3, -0.25) is 9.59 Å². The topological polar surface area (TPSA) is 49.4 Å². The Morgan fingerprint density at radius 3 is 2.20 bits per heavy atom. The van der Waals surface area contributed by atoms with Crippen LogP contribution in [0.25, 0.3) is 0 Å². The summed E-state index contributed by atoms with van der Waals surface area (Å²) in [5, 5.41) is 3.13. The minimum atomic E-state index is -0.583. The average Bonchev–Trinajstić information content (AvgIpc) is 2.88. The quantitative estimate of drug-likeness (QED) is 0.317. The number of carbonyl (C=O) groups is 2. The fourth-order valence-corrected chi connectivity index (χ4v) is 4.74. The van der Waals surface area contributed by atoms with E-state index in [1.165, 1.54) is 0 Å². The highest BCUT2D eigenvalue weighted by Gasteiger charge is 2.31. The summed E-state index contributed by atoms with van der Waals surface area (Å²) in [5.41, 5.74) is 3.22. The summed E-state index contributed by atoms with van der Waals surface area (Å²) in [6.07, 6.45) is 1.68. The van der Waals surface area contributed by atoms with Gasteiger partial charge in [-0.15, -0.1) is 11.8 Å². The molecule has 0 spiro atoms. The van der Waals surface area contributed by atoms with Crippen molar-refractivity contribution in [2.75, 3.05) is 5.75 Å². The highest BCUT2D eigenvalue weighted by molar-refractivity contribution is 7.99. The molecule has 0 aliphatic heterocycles. The number of nitrogens with one attached hydrogen (secondary N) is 1. The predicted octanol–water partition coefficient (Wildman–Crippen LogP) is 6.03. The lowest BCUT2D eigenvalue weighted by Crippen LogP contribution is -2.52. The summed E-state index contributed by atoms with van der Waals surface area (Å²) in [6.45, 7) is 6.51. The van der Waals surface area contributed by atoms with Crippen molar-refractivity contribution in [3.05, 3.63) is 102 Å². The van der Waals surface area contributed by atoms with Crippen LogP contribution in [0.1, 0.15) is 43.4 Å². The van der Waals surface area contributed by atoms with Gasteiger partial charge in [-0.1, -0.05) is 79.7 Å². The largest absolute Gasteiger partial charge is 0.352 e. The summed E-state index contributed by atoms with van der Waals surface area (Å²) < 4.78 is 0. The number of nitrogens with zero attached hydrogens (tertiary/aromatic N) is 1. The third-order valence-electron chi connectivity index (χ3n) is 6.20. The van der Waals surface area contributed by atoms with Crippen LogP contribution in [-0.4, -0.2) is 34.6 Å². The maximum Gasteiger partial charge on any atom is 0.243 e. The molecule has 3 aromatic rings. The zero-order valence-electron chi connectivity index (χ0n) is 20.9. The molecule has 2 atom stereocenters. The van der Waals surface area contributed by atoms with E-state index in [0.717, 1.165) is 28.0 Å². The summed E-state index contributed by atoms with van der Waals surface area (Å²) >= 11 is 1.67. The molecule has 184 valence electrons. The molecule has 35 heavy (non-hydrogen) atoms. The van der Waals surface area contributed by atoms with Crippen LogP contribution in [0.2, 0.25) is 0 Å². The average molecular weight is 489 g/mol. The van der Waals surface area contributed by atoms with Crippen LogP contribution in [0, 0.1) is 6.92 Å². The second-order valence-electron chi connectivity index (χ2n) is 8.88. The molecule has 4 nitrogen and oxygen atoms in total. The van der Waals surface area contributed by atoms with Crippen LogP contribution in [0.4, 0.5) is 0 Å². The fourth-order valence-electron chi connectivity index (χ4n) is 3.88. The van der Waals surface area contributed by atoms with Crippen LogP contribution in [-0.2, 0) is 22.6 Å². The SMILES string of the molecule is CC[C@H](C)NC(=O)[C@@H](Cc1ccccc1)N(Cc1ccccc1C)C(=O)CCSc1ccccc1. The molecule has 0 aromatic heterocycles. The van der Waals surface area contributed by atoms with Gasteiger partial charge in [0, 0.05) is 36.1 Å². The first-order chi connectivity index (χ1) is 17.0. The zero-order valence-corrected chi connectivity index (χ0v) is 21.8. The van der Waals surface area contributed by atoms with Crippen molar-refractivity contribution in [3.8, 4) is 0 Å². The highest BCUT2D eigenvalue weighted by Crippen LogP contribution is 2.21. The van der Waals surface area contributed by atoms with Crippen LogP contribution >= 0.6 is 11.8 Å². The number of aryl methyl sites for hydroxylation is 1. The molecule has 0 unspecified atom stereocenters. The van der Waals surface area contributed by atoms with Crippen LogP contribution in [0.15, 0.2) is 89.8 Å². The summed E-state index contributed by atoms with van der Waals surface area (Å²) in [5.74, 6) is 0.566. The molecule has 3 aromatic carbocycles. The summed E-state index contributed by atoms with van der Waals surface area (Å²) in [4.78, 5) is 30.1. The summed E-state index contributed by atoms with van der Waals surface area (Å²) in [6, 6.07) is 27.6. The van der Waals surface area contributed by atoms with Crippen molar-refractivity contribution in [1.29, 1.82) is 0 Å². The molecule has 0 saturated heterocycles. The molecular formula is C30H36N2O2S. The Bertz CT molecular complexity index is 1070. The van der Waals surface area contributed by atoms with E-state index >= 15 is 0 Å². The van der Waals surface area contributed by atoms with E-state index in [1.54, 1.807) is 16.7 Å². The molecule has 3 rings (SSSR count). The summed E-state index contributed by atoms with van der Waals surface area (Å²) in [7, 11) is 0. The van der Waals surface area contributed by atoms with Crippen LogP contribution < -0.4 is 5.32 Å². The van der Waals surface area contributed by atoms with Crippen molar-refractivity contribution >= 4 is 23.6 Å². The highest BCUT2D eigenvalue weighted by atomic mass is 32.2. The van der Waals surface area contributed by atoms with Crippen LogP contribution in [0.5, 0.6) is 0 Å². The molecule has 0 saturated carbocycles. The molecule has 0 bridgehead atoms. The first-order valence-electron chi connectivity index (χ1n) is 12.3. The number of amides is 2. The monoisotopic (exact) mass is 488 g/mol. The van der Waals surface area contributed by atoms with E-state index in [9.17, 15) is 9.59 Å². The first-order valence-corrected chi connectivity index (χ1v) is 13.3. The van der Waals surface area contributed by atoms with E-state index in [-0.39, 0.29) is 17.9 Å². The number of hydrogen-bond donors (Lipinski definition) is 1. The molecule has 2 amide bonds. The number of hydrogen-bond acceptors (Lipinski definition) is 3. The third-order valence-corrected chi connectivity index (χ3v) is 7.22. The Morgan fingerprint density at radius 2 is 1.54 bits per heavy atom. The van der Waals surface area contributed by atoms with Crippen molar-refractivity contribution in [1.82, 2.24) is 10.2 Å².